The second kappa shape index (κ2) is 7.20. The number of carbonyl (C=O) groups is 2. The van der Waals surface area contributed by atoms with Crippen LogP contribution < -0.4 is 11.2 Å². The highest BCUT2D eigenvalue weighted by atomic mass is 32.1. The molecule has 0 spiro atoms. The first-order valence-electron chi connectivity index (χ1n) is 8.94. The van der Waals surface area contributed by atoms with Crippen LogP contribution in [0.2, 0.25) is 0 Å². The maximum Gasteiger partial charge on any atom is 0.333 e. The normalized spacial score (nSPS) is 12.9. The van der Waals surface area contributed by atoms with Crippen LogP contribution in [0.4, 0.5) is 0 Å². The fourth-order valence-corrected chi connectivity index (χ4v) is 4.96. The lowest BCUT2D eigenvalue weighted by molar-refractivity contribution is -0.141. The van der Waals surface area contributed by atoms with Crippen molar-refractivity contribution in [2.45, 2.75) is 32.4 Å². The quantitative estimate of drug-likeness (QED) is 0.483. The lowest BCUT2D eigenvalue weighted by Gasteiger charge is -2.11. The summed E-state index contributed by atoms with van der Waals surface area (Å²) in [5.74, 6) is -0.924. The zero-order chi connectivity index (χ0) is 19.8. The number of rotatable bonds is 5. The van der Waals surface area contributed by atoms with E-state index in [2.05, 4.69) is 4.74 Å². The van der Waals surface area contributed by atoms with Crippen molar-refractivity contribution in [3.63, 3.8) is 0 Å². The fourth-order valence-electron chi connectivity index (χ4n) is 3.59. The number of carbonyl (C=O) groups excluding carboxylic acids is 2. The average molecular weight is 398 g/mol. The van der Waals surface area contributed by atoms with Gasteiger partial charge in [-0.15, -0.1) is 11.3 Å². The third kappa shape index (κ3) is 2.99. The van der Waals surface area contributed by atoms with Crippen LogP contribution in [0.3, 0.4) is 0 Å². The number of hydrogen-bond donors (Lipinski definition) is 0. The summed E-state index contributed by atoms with van der Waals surface area (Å²) in [6, 6.07) is 8.68. The molecule has 0 fully saturated rings. The molecule has 144 valence electrons. The smallest absolute Gasteiger partial charge is 0.333 e. The van der Waals surface area contributed by atoms with Gasteiger partial charge in [-0.2, -0.15) is 0 Å². The molecule has 0 saturated heterocycles. The molecular weight excluding hydrogens is 380 g/mol. The van der Waals surface area contributed by atoms with Gasteiger partial charge in [0.05, 0.1) is 19.0 Å². The molecule has 28 heavy (non-hydrogen) atoms. The van der Waals surface area contributed by atoms with Crippen molar-refractivity contribution in [3.05, 3.63) is 67.2 Å². The summed E-state index contributed by atoms with van der Waals surface area (Å²) in [7, 11) is 1.20. The van der Waals surface area contributed by atoms with Crippen molar-refractivity contribution in [2.75, 3.05) is 7.11 Å². The molecule has 0 N–H and O–H groups in total. The maximum absolute atomic E-state index is 13.0. The van der Waals surface area contributed by atoms with Gasteiger partial charge in [-0.05, 0) is 24.8 Å². The van der Waals surface area contributed by atoms with Gasteiger partial charge in [-0.1, -0.05) is 30.3 Å². The number of ether oxygens (including phenoxy) is 1. The molecule has 0 atom stereocenters. The van der Waals surface area contributed by atoms with E-state index in [1.807, 2.05) is 6.07 Å². The molecule has 1 aliphatic carbocycles. The molecule has 7 nitrogen and oxygen atoms in total. The van der Waals surface area contributed by atoms with Gasteiger partial charge in [0.15, 0.2) is 5.78 Å². The number of aromatic nitrogens is 2. The Hall–Kier alpha value is -3.00. The number of ketones is 1. The largest absolute Gasteiger partial charge is 0.468 e. The van der Waals surface area contributed by atoms with Gasteiger partial charge in [0.2, 0.25) is 0 Å². The minimum absolute atomic E-state index is 0.194. The van der Waals surface area contributed by atoms with Crippen LogP contribution in [0.1, 0.15) is 27.2 Å². The van der Waals surface area contributed by atoms with Crippen molar-refractivity contribution in [3.8, 4) is 0 Å². The van der Waals surface area contributed by atoms with Gasteiger partial charge in [0.1, 0.15) is 11.4 Å². The number of benzene rings is 1. The minimum Gasteiger partial charge on any atom is -0.468 e. The van der Waals surface area contributed by atoms with Crippen molar-refractivity contribution < 1.29 is 14.3 Å². The van der Waals surface area contributed by atoms with Crippen LogP contribution >= 0.6 is 11.3 Å². The van der Waals surface area contributed by atoms with E-state index in [0.29, 0.717) is 15.8 Å². The lowest BCUT2D eigenvalue weighted by Crippen LogP contribution is -2.42. The van der Waals surface area contributed by atoms with Gasteiger partial charge in [0, 0.05) is 10.4 Å². The fraction of sp³-hybridized carbons (Fsp3) is 0.300. The van der Waals surface area contributed by atoms with Gasteiger partial charge in [-0.3, -0.25) is 19.0 Å². The van der Waals surface area contributed by atoms with Crippen LogP contribution in [-0.2, 0) is 35.5 Å². The molecule has 2 heterocycles. The van der Waals surface area contributed by atoms with E-state index in [9.17, 15) is 19.2 Å². The molecule has 0 amide bonds. The first kappa shape index (κ1) is 18.4. The van der Waals surface area contributed by atoms with E-state index in [0.717, 1.165) is 34.3 Å². The predicted molar refractivity (Wildman–Crippen MR) is 105 cm³/mol. The van der Waals surface area contributed by atoms with Crippen molar-refractivity contribution in [2.24, 2.45) is 0 Å². The first-order valence-corrected chi connectivity index (χ1v) is 9.76. The number of nitrogens with zero attached hydrogens (tertiary/aromatic N) is 2. The average Bonchev–Trinajstić information content (AvgIpc) is 3.30. The molecule has 8 heteroatoms. The number of thiophene rings is 1. The van der Waals surface area contributed by atoms with E-state index < -0.39 is 23.8 Å². The van der Waals surface area contributed by atoms with Crippen molar-refractivity contribution in [1.29, 1.82) is 0 Å². The number of Topliss-reactive ketones (excluding diaryl/α,β-unsaturated/α-hetero) is 1. The summed E-state index contributed by atoms with van der Waals surface area (Å²) in [6.45, 7) is -0.672. The van der Waals surface area contributed by atoms with E-state index in [1.54, 1.807) is 24.3 Å². The van der Waals surface area contributed by atoms with Crippen LogP contribution in [0, 0.1) is 0 Å². The molecule has 0 bridgehead atoms. The van der Waals surface area contributed by atoms with Gasteiger partial charge >= 0.3 is 11.7 Å². The zero-order valence-corrected chi connectivity index (χ0v) is 16.1. The van der Waals surface area contributed by atoms with Crippen LogP contribution in [0.5, 0.6) is 0 Å². The Labute approximate surface area is 163 Å². The first-order chi connectivity index (χ1) is 13.5. The Kier molecular flexibility index (Phi) is 4.72. The van der Waals surface area contributed by atoms with Gasteiger partial charge in [-0.25, -0.2) is 9.36 Å². The standard InChI is InChI=1S/C20H18N2O5S/c1-27-16(24)11-21-18(25)17-13-8-5-9-15(13)28-19(17)22(20(21)26)10-14(23)12-6-3-2-4-7-12/h2-4,6-7H,5,8-11H2,1H3. The van der Waals surface area contributed by atoms with E-state index >= 15 is 0 Å². The molecule has 0 unspecified atom stereocenters. The van der Waals surface area contributed by atoms with Crippen molar-refractivity contribution in [1.82, 2.24) is 9.13 Å². The Morgan fingerprint density at radius 1 is 1.07 bits per heavy atom. The van der Waals surface area contributed by atoms with Crippen LogP contribution in [0.25, 0.3) is 10.2 Å². The second-order valence-electron chi connectivity index (χ2n) is 6.66. The topological polar surface area (TPSA) is 87.4 Å². The van der Waals surface area contributed by atoms with Gasteiger partial charge in [0.25, 0.3) is 5.56 Å². The number of hydrogen-bond acceptors (Lipinski definition) is 6. The molecule has 0 radical (unpaired) electrons. The molecule has 4 rings (SSSR count). The van der Waals surface area contributed by atoms with Gasteiger partial charge < -0.3 is 4.74 Å². The third-order valence-corrected chi connectivity index (χ3v) is 6.30. The molecule has 0 aliphatic heterocycles. The monoisotopic (exact) mass is 398 g/mol. The molecule has 1 aliphatic rings. The Morgan fingerprint density at radius 2 is 1.82 bits per heavy atom. The maximum atomic E-state index is 13.0. The zero-order valence-electron chi connectivity index (χ0n) is 15.3. The van der Waals surface area contributed by atoms with Crippen molar-refractivity contribution >= 4 is 33.3 Å². The summed E-state index contributed by atoms with van der Waals surface area (Å²) in [6.07, 6.45) is 2.56. The highest BCUT2D eigenvalue weighted by Gasteiger charge is 2.26. The summed E-state index contributed by atoms with van der Waals surface area (Å²) in [5, 5.41) is 0.446. The highest BCUT2D eigenvalue weighted by Crippen LogP contribution is 2.35. The number of aryl methyl sites for hydroxylation is 2. The summed E-state index contributed by atoms with van der Waals surface area (Å²) in [4.78, 5) is 52.1. The Balaban J connectivity index is 1.92. The van der Waals surface area contributed by atoms with E-state index in [1.165, 1.54) is 23.0 Å². The Morgan fingerprint density at radius 3 is 2.54 bits per heavy atom. The SMILES string of the molecule is COC(=O)Cn1c(=O)c2c3c(sc2n(CC(=O)c2ccccc2)c1=O)CCC3. The third-order valence-electron chi connectivity index (χ3n) is 4.98. The Bertz CT molecular complexity index is 1200. The van der Waals surface area contributed by atoms with E-state index in [4.69, 9.17) is 0 Å². The molecule has 1 aromatic carbocycles. The summed E-state index contributed by atoms with van der Waals surface area (Å²) in [5.41, 5.74) is 0.252. The highest BCUT2D eigenvalue weighted by molar-refractivity contribution is 7.19. The van der Waals surface area contributed by atoms with Crippen LogP contribution in [0.15, 0.2) is 39.9 Å². The molecular formula is C20H18N2O5S. The second-order valence-corrected chi connectivity index (χ2v) is 7.75. The van der Waals surface area contributed by atoms with Crippen LogP contribution in [-0.4, -0.2) is 28.0 Å². The molecule has 3 aromatic rings. The summed E-state index contributed by atoms with van der Waals surface area (Å²) < 4.78 is 6.82. The number of methoxy groups -OCH3 is 1. The van der Waals surface area contributed by atoms with E-state index in [-0.39, 0.29) is 12.3 Å². The molecule has 0 saturated carbocycles. The lowest BCUT2D eigenvalue weighted by atomic mass is 10.1. The predicted octanol–water partition coefficient (Wildman–Crippen LogP) is 1.77. The minimum atomic E-state index is -0.689. The molecule has 2 aromatic heterocycles. The number of esters is 1. The summed E-state index contributed by atoms with van der Waals surface area (Å²) >= 11 is 1.39. The number of fused-ring (bicyclic) bond motifs is 3.